The third kappa shape index (κ3) is 3.29. The Morgan fingerprint density at radius 1 is 1.20 bits per heavy atom. The number of rotatable bonds is 3. The first kappa shape index (κ1) is 17.5. The lowest BCUT2D eigenvalue weighted by molar-refractivity contribution is -0.118. The van der Waals surface area contributed by atoms with E-state index >= 15 is 0 Å². The molecule has 0 saturated carbocycles. The fraction of sp³-hybridized carbons (Fsp3) is 0.200. The molecular weight excluding hydrogens is 385 g/mol. The number of hydrogen-bond donors (Lipinski definition) is 0. The first-order valence-electron chi connectivity index (χ1n) is 7.91. The highest BCUT2D eigenvalue weighted by atomic mass is 79.9. The molecule has 0 spiro atoms. The topological polar surface area (TPSA) is 37.4 Å². The first-order chi connectivity index (χ1) is 11.9. The summed E-state index contributed by atoms with van der Waals surface area (Å²) in [6.07, 6.45) is 0.542. The summed E-state index contributed by atoms with van der Waals surface area (Å²) in [7, 11) is 0. The fourth-order valence-electron chi connectivity index (χ4n) is 2.94. The molecule has 1 aliphatic rings. The van der Waals surface area contributed by atoms with E-state index in [1.165, 1.54) is 11.6 Å². The number of amides is 1. The molecule has 128 valence electrons. The van der Waals surface area contributed by atoms with E-state index in [9.17, 15) is 14.0 Å². The largest absolute Gasteiger partial charge is 0.307 e. The second-order valence-electron chi connectivity index (χ2n) is 6.17. The lowest BCUT2D eigenvalue weighted by Gasteiger charge is -2.24. The maximum Gasteiger partial charge on any atom is 0.231 e. The van der Waals surface area contributed by atoms with Crippen LogP contribution in [-0.4, -0.2) is 12.2 Å². The van der Waals surface area contributed by atoms with Gasteiger partial charge in [0.15, 0.2) is 0 Å². The molecular formula is C20H17BrFNO2. The van der Waals surface area contributed by atoms with Gasteiger partial charge in [-0.15, -0.1) is 0 Å². The van der Waals surface area contributed by atoms with Gasteiger partial charge in [-0.05, 0) is 58.6 Å². The number of nitrogens with zero attached hydrogens (tertiary/aromatic N) is 1. The highest BCUT2D eigenvalue weighted by Gasteiger charge is 2.28. The van der Waals surface area contributed by atoms with E-state index in [0.717, 1.165) is 11.1 Å². The van der Waals surface area contributed by atoms with Crippen LogP contribution in [0, 0.1) is 19.7 Å². The molecule has 1 amide bonds. The summed E-state index contributed by atoms with van der Waals surface area (Å²) in [5.41, 5.74) is 4.22. The SMILES string of the molecule is Cc1ccc(CN2C(=O)CC(C=O)=C(Br)c3c(F)cccc32)cc1C. The molecule has 1 aliphatic heterocycles. The molecule has 2 aromatic rings. The minimum Gasteiger partial charge on any atom is -0.307 e. The third-order valence-corrected chi connectivity index (χ3v) is 5.39. The van der Waals surface area contributed by atoms with E-state index < -0.39 is 5.82 Å². The Balaban J connectivity index is 2.11. The van der Waals surface area contributed by atoms with Crippen molar-refractivity contribution in [2.75, 3.05) is 4.90 Å². The van der Waals surface area contributed by atoms with Crippen LogP contribution in [0.4, 0.5) is 10.1 Å². The van der Waals surface area contributed by atoms with Crippen LogP contribution < -0.4 is 4.90 Å². The Morgan fingerprint density at radius 3 is 2.64 bits per heavy atom. The van der Waals surface area contributed by atoms with Gasteiger partial charge in [0.05, 0.1) is 18.7 Å². The van der Waals surface area contributed by atoms with E-state index in [1.807, 2.05) is 32.0 Å². The van der Waals surface area contributed by atoms with Crippen molar-refractivity contribution in [2.24, 2.45) is 0 Å². The quantitative estimate of drug-likeness (QED) is 0.699. The van der Waals surface area contributed by atoms with E-state index in [1.54, 1.807) is 17.0 Å². The molecule has 1 heterocycles. The Bertz CT molecular complexity index is 905. The van der Waals surface area contributed by atoms with Crippen LogP contribution in [0.2, 0.25) is 0 Å². The van der Waals surface area contributed by atoms with Crippen molar-refractivity contribution < 1.29 is 14.0 Å². The van der Waals surface area contributed by atoms with Crippen molar-refractivity contribution in [3.63, 3.8) is 0 Å². The van der Waals surface area contributed by atoms with Crippen LogP contribution in [0.25, 0.3) is 4.48 Å². The zero-order valence-electron chi connectivity index (χ0n) is 14.0. The predicted octanol–water partition coefficient (Wildman–Crippen LogP) is 4.68. The number of aldehydes is 1. The monoisotopic (exact) mass is 401 g/mol. The van der Waals surface area contributed by atoms with Crippen molar-refractivity contribution in [1.29, 1.82) is 0 Å². The molecule has 0 fully saturated rings. The van der Waals surface area contributed by atoms with E-state index in [2.05, 4.69) is 15.9 Å². The Hall–Kier alpha value is -2.27. The van der Waals surface area contributed by atoms with Crippen LogP contribution in [0.15, 0.2) is 42.0 Å². The summed E-state index contributed by atoms with van der Waals surface area (Å²) in [6.45, 7) is 4.36. The summed E-state index contributed by atoms with van der Waals surface area (Å²) in [5.74, 6) is -0.704. The number of carbonyl (C=O) groups is 2. The minimum absolute atomic E-state index is 0.0664. The van der Waals surface area contributed by atoms with Crippen LogP contribution in [0.5, 0.6) is 0 Å². The smallest absolute Gasteiger partial charge is 0.231 e. The van der Waals surface area contributed by atoms with Gasteiger partial charge in [0, 0.05) is 15.6 Å². The maximum absolute atomic E-state index is 14.5. The minimum atomic E-state index is -0.469. The zero-order chi connectivity index (χ0) is 18.1. The lowest BCUT2D eigenvalue weighted by atomic mass is 10.1. The molecule has 0 saturated heterocycles. The van der Waals surface area contributed by atoms with Gasteiger partial charge in [-0.2, -0.15) is 0 Å². The molecule has 2 aromatic carbocycles. The number of halogens is 2. The van der Waals surface area contributed by atoms with Gasteiger partial charge >= 0.3 is 0 Å². The average Bonchev–Trinajstić information content (AvgIpc) is 2.68. The molecule has 0 atom stereocenters. The number of benzene rings is 2. The van der Waals surface area contributed by atoms with Gasteiger partial charge in [0.25, 0.3) is 0 Å². The average molecular weight is 402 g/mol. The van der Waals surface area contributed by atoms with Crippen molar-refractivity contribution >= 4 is 38.3 Å². The Kier molecular flexibility index (Phi) is 4.86. The first-order valence-corrected chi connectivity index (χ1v) is 8.71. The number of hydrogen-bond acceptors (Lipinski definition) is 2. The Labute approximate surface area is 154 Å². The number of fused-ring (bicyclic) bond motifs is 1. The molecule has 5 heteroatoms. The molecule has 3 nitrogen and oxygen atoms in total. The Morgan fingerprint density at radius 2 is 1.96 bits per heavy atom. The molecule has 0 bridgehead atoms. The van der Waals surface area contributed by atoms with Crippen molar-refractivity contribution in [3.8, 4) is 0 Å². The van der Waals surface area contributed by atoms with Crippen LogP contribution in [0.3, 0.4) is 0 Å². The molecule has 25 heavy (non-hydrogen) atoms. The normalized spacial score (nSPS) is 14.4. The van der Waals surface area contributed by atoms with Crippen LogP contribution >= 0.6 is 15.9 Å². The van der Waals surface area contributed by atoms with Gasteiger partial charge in [-0.25, -0.2) is 4.39 Å². The van der Waals surface area contributed by atoms with Gasteiger partial charge in [0.2, 0.25) is 5.91 Å². The molecule has 3 rings (SSSR count). The fourth-order valence-corrected chi connectivity index (χ4v) is 3.56. The third-order valence-electron chi connectivity index (χ3n) is 4.48. The second kappa shape index (κ2) is 6.92. The number of anilines is 1. The standard InChI is InChI=1S/C20H17BrFNO2/c1-12-6-7-14(8-13(12)2)10-23-17-5-3-4-16(22)19(17)20(21)15(11-24)9-18(23)25/h3-8,11H,9-10H2,1-2H3. The van der Waals surface area contributed by atoms with Gasteiger partial charge in [-0.3, -0.25) is 9.59 Å². The lowest BCUT2D eigenvalue weighted by Crippen LogP contribution is -2.30. The summed E-state index contributed by atoms with van der Waals surface area (Å²) >= 11 is 3.31. The molecule has 0 aromatic heterocycles. The molecule has 0 aliphatic carbocycles. The number of aryl methyl sites for hydroxylation is 2. The highest BCUT2D eigenvalue weighted by molar-refractivity contribution is 9.15. The predicted molar refractivity (Wildman–Crippen MR) is 100 cm³/mol. The van der Waals surface area contributed by atoms with Crippen LogP contribution in [-0.2, 0) is 16.1 Å². The van der Waals surface area contributed by atoms with E-state index in [4.69, 9.17) is 0 Å². The van der Waals surface area contributed by atoms with Gasteiger partial charge in [0.1, 0.15) is 12.1 Å². The van der Waals surface area contributed by atoms with Gasteiger partial charge < -0.3 is 4.90 Å². The van der Waals surface area contributed by atoms with E-state index in [0.29, 0.717) is 23.0 Å². The maximum atomic E-state index is 14.5. The molecule has 0 N–H and O–H groups in total. The number of carbonyl (C=O) groups excluding carboxylic acids is 2. The van der Waals surface area contributed by atoms with Gasteiger partial charge in [-0.1, -0.05) is 24.3 Å². The summed E-state index contributed by atoms with van der Waals surface area (Å²) in [6, 6.07) is 10.6. The molecule has 0 radical (unpaired) electrons. The second-order valence-corrected chi connectivity index (χ2v) is 6.96. The molecule has 0 unspecified atom stereocenters. The zero-order valence-corrected chi connectivity index (χ0v) is 15.6. The summed E-state index contributed by atoms with van der Waals surface area (Å²) in [4.78, 5) is 25.6. The van der Waals surface area contributed by atoms with Crippen molar-refractivity contribution in [1.82, 2.24) is 0 Å². The summed E-state index contributed by atoms with van der Waals surface area (Å²) in [5, 5.41) is 0. The highest BCUT2D eigenvalue weighted by Crippen LogP contribution is 2.39. The van der Waals surface area contributed by atoms with Crippen LogP contribution in [0.1, 0.15) is 28.7 Å². The van der Waals surface area contributed by atoms with E-state index in [-0.39, 0.29) is 23.5 Å². The van der Waals surface area contributed by atoms with Crippen molar-refractivity contribution in [3.05, 3.63) is 70.0 Å². The van der Waals surface area contributed by atoms with Crippen molar-refractivity contribution in [2.45, 2.75) is 26.8 Å². The summed E-state index contributed by atoms with van der Waals surface area (Å²) < 4.78 is 14.8.